The Balaban J connectivity index is 1.27. The lowest BCUT2D eigenvalue weighted by Crippen LogP contribution is -2.31. The number of hydrogen-bond acceptors (Lipinski definition) is 2. The van der Waals surface area contributed by atoms with Crippen molar-refractivity contribution in [2.75, 3.05) is 4.90 Å². The van der Waals surface area contributed by atoms with E-state index in [0.717, 1.165) is 39.5 Å². The SMILES string of the molecule is c1ccc(-c2ccccc2N(c2ccc3c(c2)oc2ccccc23)c2cccc3c2-c2ccccc2C32CC3CCC2C3)cc1. The molecule has 1 spiro atoms. The minimum absolute atomic E-state index is 0.123. The normalized spacial score (nSPS) is 21.1. The van der Waals surface area contributed by atoms with Crippen LogP contribution in [0.5, 0.6) is 0 Å². The van der Waals surface area contributed by atoms with Gasteiger partial charge < -0.3 is 9.32 Å². The van der Waals surface area contributed by atoms with Crippen molar-refractivity contribution < 1.29 is 4.42 Å². The van der Waals surface area contributed by atoms with Gasteiger partial charge in [-0.25, -0.2) is 0 Å². The Hall–Kier alpha value is -5.08. The van der Waals surface area contributed by atoms with E-state index in [4.69, 9.17) is 4.42 Å². The second-order valence-electron chi connectivity index (χ2n) is 13.3. The van der Waals surface area contributed by atoms with Crippen LogP contribution in [-0.2, 0) is 5.41 Å². The molecule has 3 atom stereocenters. The molecule has 2 bridgehead atoms. The second-order valence-corrected chi connectivity index (χ2v) is 13.3. The number of hydrogen-bond donors (Lipinski definition) is 0. The fourth-order valence-corrected chi connectivity index (χ4v) is 9.40. The summed E-state index contributed by atoms with van der Waals surface area (Å²) in [6.45, 7) is 0. The van der Waals surface area contributed by atoms with E-state index >= 15 is 0 Å². The molecule has 10 rings (SSSR count). The third-order valence-corrected chi connectivity index (χ3v) is 11.1. The molecule has 0 N–H and O–H groups in total. The Labute approximate surface area is 263 Å². The van der Waals surface area contributed by atoms with Gasteiger partial charge in [-0.1, -0.05) is 110 Å². The maximum Gasteiger partial charge on any atom is 0.137 e. The minimum atomic E-state index is 0.123. The number of para-hydroxylation sites is 2. The molecule has 2 saturated carbocycles. The molecule has 0 saturated heterocycles. The first kappa shape index (κ1) is 25.3. The quantitative estimate of drug-likeness (QED) is 0.206. The summed E-state index contributed by atoms with van der Waals surface area (Å²) in [5.41, 5.74) is 13.8. The first-order valence-electron chi connectivity index (χ1n) is 16.4. The van der Waals surface area contributed by atoms with Crippen molar-refractivity contribution >= 4 is 39.0 Å². The number of anilines is 3. The fourth-order valence-electron chi connectivity index (χ4n) is 9.40. The number of rotatable bonds is 4. The number of benzene rings is 6. The Kier molecular flexibility index (Phi) is 5.31. The van der Waals surface area contributed by atoms with E-state index in [2.05, 4.69) is 138 Å². The topological polar surface area (TPSA) is 16.4 Å². The van der Waals surface area contributed by atoms with Gasteiger partial charge in [-0.2, -0.15) is 0 Å². The average Bonchev–Trinajstić information content (AvgIpc) is 3.87. The van der Waals surface area contributed by atoms with E-state index < -0.39 is 0 Å². The van der Waals surface area contributed by atoms with Crippen molar-refractivity contribution in [3.63, 3.8) is 0 Å². The number of nitrogens with zero attached hydrogens (tertiary/aromatic N) is 1. The predicted molar refractivity (Wildman–Crippen MR) is 186 cm³/mol. The van der Waals surface area contributed by atoms with Crippen molar-refractivity contribution in [3.8, 4) is 22.3 Å². The molecular formula is C43H33NO. The van der Waals surface area contributed by atoms with Crippen molar-refractivity contribution in [1.29, 1.82) is 0 Å². The first-order valence-corrected chi connectivity index (χ1v) is 16.4. The van der Waals surface area contributed by atoms with Gasteiger partial charge in [-0.05, 0) is 83.7 Å². The lowest BCUT2D eigenvalue weighted by atomic mass is 9.67. The Morgan fingerprint density at radius 2 is 1.31 bits per heavy atom. The van der Waals surface area contributed by atoms with Gasteiger partial charge in [-0.3, -0.25) is 0 Å². The van der Waals surface area contributed by atoms with Crippen LogP contribution >= 0.6 is 0 Å². The minimum Gasteiger partial charge on any atom is -0.456 e. The zero-order valence-electron chi connectivity index (χ0n) is 25.1. The summed E-state index contributed by atoms with van der Waals surface area (Å²) in [6, 6.07) is 51.1. The van der Waals surface area contributed by atoms with Crippen LogP contribution in [0.3, 0.4) is 0 Å². The van der Waals surface area contributed by atoms with Crippen molar-refractivity contribution in [2.24, 2.45) is 11.8 Å². The molecule has 0 amide bonds. The maximum atomic E-state index is 6.46. The zero-order valence-corrected chi connectivity index (χ0v) is 25.1. The molecule has 0 radical (unpaired) electrons. The van der Waals surface area contributed by atoms with Gasteiger partial charge >= 0.3 is 0 Å². The smallest absolute Gasteiger partial charge is 0.137 e. The first-order chi connectivity index (χ1) is 22.3. The van der Waals surface area contributed by atoms with Gasteiger partial charge in [0.2, 0.25) is 0 Å². The van der Waals surface area contributed by atoms with E-state index in [1.54, 1.807) is 5.56 Å². The Morgan fingerprint density at radius 3 is 2.18 bits per heavy atom. The van der Waals surface area contributed by atoms with Gasteiger partial charge in [0.05, 0.1) is 11.4 Å². The molecule has 0 aliphatic heterocycles. The molecule has 3 unspecified atom stereocenters. The molecule has 45 heavy (non-hydrogen) atoms. The lowest BCUT2D eigenvalue weighted by Gasteiger charge is -2.37. The largest absolute Gasteiger partial charge is 0.456 e. The van der Waals surface area contributed by atoms with Crippen LogP contribution < -0.4 is 4.90 Å². The second kappa shape index (κ2) is 9.46. The summed E-state index contributed by atoms with van der Waals surface area (Å²) in [7, 11) is 0. The monoisotopic (exact) mass is 579 g/mol. The van der Waals surface area contributed by atoms with Gasteiger partial charge in [-0.15, -0.1) is 0 Å². The maximum absolute atomic E-state index is 6.46. The van der Waals surface area contributed by atoms with Crippen LogP contribution in [0.4, 0.5) is 17.1 Å². The summed E-state index contributed by atoms with van der Waals surface area (Å²) in [6.07, 6.45) is 5.36. The Bertz CT molecular complexity index is 2260. The fraction of sp³-hybridized carbons (Fsp3) is 0.163. The highest BCUT2D eigenvalue weighted by Crippen LogP contribution is 2.67. The highest BCUT2D eigenvalue weighted by molar-refractivity contribution is 6.07. The van der Waals surface area contributed by atoms with Crippen LogP contribution in [0.25, 0.3) is 44.2 Å². The highest BCUT2D eigenvalue weighted by Gasteiger charge is 2.57. The summed E-state index contributed by atoms with van der Waals surface area (Å²) < 4.78 is 6.46. The predicted octanol–water partition coefficient (Wildman–Crippen LogP) is 11.8. The third kappa shape index (κ3) is 3.51. The van der Waals surface area contributed by atoms with Crippen molar-refractivity contribution in [2.45, 2.75) is 31.1 Å². The van der Waals surface area contributed by atoms with E-state index in [1.165, 1.54) is 64.9 Å². The molecular weight excluding hydrogens is 546 g/mol. The molecule has 7 aromatic rings. The van der Waals surface area contributed by atoms with Gasteiger partial charge in [0.25, 0.3) is 0 Å². The molecule has 2 fully saturated rings. The summed E-state index contributed by atoms with van der Waals surface area (Å²) >= 11 is 0. The standard InChI is InChI=1S/C43H33NO/c1-2-11-29(12-3-1)32-13-5-8-18-38(32)44(31-23-24-34-33-14-6-9-20-40(33)45-41(34)26-31)39-19-10-17-37-42(39)35-15-4-7-16-36(35)43(37)27-28-21-22-30(43)25-28/h1-20,23-24,26,28,30H,21-22,25,27H2. The number of fused-ring (bicyclic) bond motifs is 11. The van der Waals surface area contributed by atoms with Crippen LogP contribution in [0.15, 0.2) is 144 Å². The van der Waals surface area contributed by atoms with Crippen LogP contribution in [-0.4, -0.2) is 0 Å². The van der Waals surface area contributed by atoms with E-state index in [0.29, 0.717) is 0 Å². The van der Waals surface area contributed by atoms with Crippen molar-refractivity contribution in [1.82, 2.24) is 0 Å². The molecule has 216 valence electrons. The average molecular weight is 580 g/mol. The van der Waals surface area contributed by atoms with E-state index in [-0.39, 0.29) is 5.41 Å². The highest BCUT2D eigenvalue weighted by atomic mass is 16.3. The van der Waals surface area contributed by atoms with Crippen LogP contribution in [0.1, 0.15) is 36.8 Å². The third-order valence-electron chi connectivity index (χ3n) is 11.1. The summed E-state index contributed by atoms with van der Waals surface area (Å²) in [4.78, 5) is 2.50. The van der Waals surface area contributed by atoms with Gasteiger partial charge in [0.1, 0.15) is 11.2 Å². The van der Waals surface area contributed by atoms with Gasteiger partial charge in [0.15, 0.2) is 0 Å². The van der Waals surface area contributed by atoms with E-state index in [1.807, 2.05) is 6.07 Å². The molecule has 3 aliphatic rings. The van der Waals surface area contributed by atoms with Gasteiger partial charge in [0, 0.05) is 39.1 Å². The van der Waals surface area contributed by atoms with E-state index in [9.17, 15) is 0 Å². The van der Waals surface area contributed by atoms with Crippen LogP contribution in [0.2, 0.25) is 0 Å². The lowest BCUT2D eigenvalue weighted by molar-refractivity contribution is 0.327. The van der Waals surface area contributed by atoms with Crippen molar-refractivity contribution in [3.05, 3.63) is 151 Å². The molecule has 1 aromatic heterocycles. The number of furan rings is 1. The zero-order chi connectivity index (χ0) is 29.5. The molecule has 2 heteroatoms. The molecule has 1 heterocycles. The Morgan fingerprint density at radius 1 is 0.578 bits per heavy atom. The summed E-state index contributed by atoms with van der Waals surface area (Å²) in [5, 5.41) is 2.30. The molecule has 6 aromatic carbocycles. The summed E-state index contributed by atoms with van der Waals surface area (Å²) in [5.74, 6) is 1.56. The molecule has 3 aliphatic carbocycles. The van der Waals surface area contributed by atoms with Crippen LogP contribution in [0, 0.1) is 11.8 Å². The molecule has 2 nitrogen and oxygen atoms in total.